The zero-order valence-corrected chi connectivity index (χ0v) is 16.9. The number of nitrogens with zero attached hydrogens (tertiary/aromatic N) is 1. The Morgan fingerprint density at radius 1 is 1.31 bits per heavy atom. The molecule has 0 heterocycles. The summed E-state index contributed by atoms with van der Waals surface area (Å²) in [7, 11) is -3.44. The third-order valence-electron chi connectivity index (χ3n) is 5.76. The molecule has 0 aliphatic heterocycles. The molecule has 1 amide bonds. The standard InChI is InChI=1S/C19H27ClN2O3S/c1-13-16(20)5-3-6-18(13)22(26(2,24)25)10-4-7-19(23)21-17-12-14-8-9-15(17)11-14/h3,5-6,14-15,17H,4,7-12H2,1-2H3,(H,21,23)/t14-,15-,17-/m0/s1. The molecule has 144 valence electrons. The van der Waals surface area contributed by atoms with Gasteiger partial charge < -0.3 is 5.32 Å². The molecule has 2 bridgehead atoms. The molecule has 7 heteroatoms. The number of nitrogens with one attached hydrogen (secondary N) is 1. The van der Waals surface area contributed by atoms with Gasteiger partial charge in [-0.05, 0) is 62.1 Å². The van der Waals surface area contributed by atoms with Crippen molar-refractivity contribution in [1.29, 1.82) is 0 Å². The van der Waals surface area contributed by atoms with Crippen LogP contribution in [0.25, 0.3) is 0 Å². The van der Waals surface area contributed by atoms with Crippen molar-refractivity contribution < 1.29 is 13.2 Å². The van der Waals surface area contributed by atoms with Crippen LogP contribution in [-0.2, 0) is 14.8 Å². The van der Waals surface area contributed by atoms with E-state index in [-0.39, 0.29) is 12.5 Å². The fourth-order valence-electron chi connectivity index (χ4n) is 4.41. The van der Waals surface area contributed by atoms with Gasteiger partial charge in [0.15, 0.2) is 0 Å². The Labute approximate surface area is 161 Å². The number of benzene rings is 1. The first-order valence-corrected chi connectivity index (χ1v) is 11.5. The lowest BCUT2D eigenvalue weighted by Gasteiger charge is -2.25. The molecular formula is C19H27ClN2O3S. The van der Waals surface area contributed by atoms with E-state index in [4.69, 9.17) is 11.6 Å². The Kier molecular flexibility index (Phi) is 5.82. The van der Waals surface area contributed by atoms with Crippen LogP contribution in [0.5, 0.6) is 0 Å². The topological polar surface area (TPSA) is 66.5 Å². The molecule has 3 atom stereocenters. The molecule has 2 saturated carbocycles. The lowest BCUT2D eigenvalue weighted by molar-refractivity contribution is -0.122. The molecule has 3 rings (SSSR count). The summed E-state index contributed by atoms with van der Waals surface area (Å²) < 4.78 is 25.8. The Morgan fingerprint density at radius 2 is 2.08 bits per heavy atom. The first kappa shape index (κ1) is 19.5. The van der Waals surface area contributed by atoms with E-state index in [9.17, 15) is 13.2 Å². The maximum Gasteiger partial charge on any atom is 0.232 e. The van der Waals surface area contributed by atoms with Gasteiger partial charge in [0.25, 0.3) is 0 Å². The molecular weight excluding hydrogens is 372 g/mol. The SMILES string of the molecule is Cc1c(Cl)cccc1N(CCCC(=O)N[C@H]1C[C@H]2CC[C@H]1C2)S(C)(=O)=O. The van der Waals surface area contributed by atoms with Crippen molar-refractivity contribution in [2.75, 3.05) is 17.1 Å². The first-order valence-electron chi connectivity index (χ1n) is 9.28. The van der Waals surface area contributed by atoms with Crippen LogP contribution in [0.4, 0.5) is 5.69 Å². The minimum atomic E-state index is -3.44. The van der Waals surface area contributed by atoms with Crippen molar-refractivity contribution in [2.24, 2.45) is 11.8 Å². The average molecular weight is 399 g/mol. The van der Waals surface area contributed by atoms with Crippen LogP contribution >= 0.6 is 11.6 Å². The number of carbonyl (C=O) groups excluding carboxylic acids is 1. The molecule has 0 saturated heterocycles. The van der Waals surface area contributed by atoms with E-state index < -0.39 is 10.0 Å². The largest absolute Gasteiger partial charge is 0.353 e. The third-order valence-corrected chi connectivity index (χ3v) is 7.35. The Bertz CT molecular complexity index is 781. The fourth-order valence-corrected chi connectivity index (χ4v) is 5.60. The summed E-state index contributed by atoms with van der Waals surface area (Å²) in [5.41, 5.74) is 1.31. The van der Waals surface area contributed by atoms with E-state index in [1.807, 2.05) is 0 Å². The Morgan fingerprint density at radius 3 is 2.69 bits per heavy atom. The van der Waals surface area contributed by atoms with Crippen LogP contribution in [0.2, 0.25) is 5.02 Å². The quantitative estimate of drug-likeness (QED) is 0.764. The van der Waals surface area contributed by atoms with Gasteiger partial charge in [0.05, 0.1) is 11.9 Å². The highest BCUT2D eigenvalue weighted by atomic mass is 35.5. The number of anilines is 1. The predicted octanol–water partition coefficient (Wildman–Crippen LogP) is 3.50. The highest BCUT2D eigenvalue weighted by Crippen LogP contribution is 2.44. The summed E-state index contributed by atoms with van der Waals surface area (Å²) in [4.78, 5) is 12.3. The van der Waals surface area contributed by atoms with Crippen molar-refractivity contribution in [3.8, 4) is 0 Å². The minimum Gasteiger partial charge on any atom is -0.353 e. The van der Waals surface area contributed by atoms with Crippen LogP contribution < -0.4 is 9.62 Å². The Hall–Kier alpha value is -1.27. The molecule has 2 aliphatic rings. The lowest BCUT2D eigenvalue weighted by Crippen LogP contribution is -2.39. The van der Waals surface area contributed by atoms with Gasteiger partial charge in [-0.3, -0.25) is 9.10 Å². The van der Waals surface area contributed by atoms with Gasteiger partial charge in [-0.1, -0.05) is 24.1 Å². The number of halogens is 1. The fraction of sp³-hybridized carbons (Fsp3) is 0.632. The van der Waals surface area contributed by atoms with Gasteiger partial charge in [-0.2, -0.15) is 0 Å². The van der Waals surface area contributed by atoms with Gasteiger partial charge in [-0.15, -0.1) is 0 Å². The summed E-state index contributed by atoms with van der Waals surface area (Å²) in [6, 6.07) is 5.55. The predicted molar refractivity (Wildman–Crippen MR) is 105 cm³/mol. The molecule has 1 N–H and O–H groups in total. The van der Waals surface area contributed by atoms with Gasteiger partial charge >= 0.3 is 0 Å². The van der Waals surface area contributed by atoms with Gasteiger partial charge in [0.1, 0.15) is 0 Å². The smallest absolute Gasteiger partial charge is 0.232 e. The van der Waals surface area contributed by atoms with E-state index in [1.165, 1.54) is 29.8 Å². The molecule has 0 radical (unpaired) electrons. The summed E-state index contributed by atoms with van der Waals surface area (Å²) >= 11 is 6.13. The maximum atomic E-state index is 12.3. The number of amides is 1. The zero-order valence-electron chi connectivity index (χ0n) is 15.4. The minimum absolute atomic E-state index is 0.0267. The molecule has 2 aliphatic carbocycles. The monoisotopic (exact) mass is 398 g/mol. The molecule has 26 heavy (non-hydrogen) atoms. The van der Waals surface area contributed by atoms with Crippen LogP contribution in [0, 0.1) is 18.8 Å². The summed E-state index contributed by atoms with van der Waals surface area (Å²) in [5.74, 6) is 1.46. The van der Waals surface area contributed by atoms with Gasteiger partial charge in [0.2, 0.25) is 15.9 Å². The van der Waals surface area contributed by atoms with E-state index >= 15 is 0 Å². The summed E-state index contributed by atoms with van der Waals surface area (Å²) in [6.45, 7) is 2.07. The lowest BCUT2D eigenvalue weighted by atomic mass is 9.95. The second-order valence-electron chi connectivity index (χ2n) is 7.67. The average Bonchev–Trinajstić information content (AvgIpc) is 3.16. The second kappa shape index (κ2) is 7.77. The summed E-state index contributed by atoms with van der Waals surface area (Å²) in [5, 5.41) is 3.69. The van der Waals surface area contributed by atoms with Crippen LogP contribution in [0.3, 0.4) is 0 Å². The third kappa shape index (κ3) is 4.34. The summed E-state index contributed by atoms with van der Waals surface area (Å²) in [6.07, 6.45) is 6.88. The second-order valence-corrected chi connectivity index (χ2v) is 9.99. The van der Waals surface area contributed by atoms with Crippen LogP contribution in [-0.4, -0.2) is 33.2 Å². The Balaban J connectivity index is 1.57. The van der Waals surface area contributed by atoms with Gasteiger partial charge in [-0.25, -0.2) is 8.42 Å². The molecule has 1 aromatic carbocycles. The van der Waals surface area contributed by atoms with E-state index in [0.29, 0.717) is 35.5 Å². The molecule has 0 aromatic heterocycles. The molecule has 5 nitrogen and oxygen atoms in total. The zero-order chi connectivity index (χ0) is 18.9. The number of sulfonamides is 1. The van der Waals surface area contributed by atoms with Crippen molar-refractivity contribution in [3.63, 3.8) is 0 Å². The van der Waals surface area contributed by atoms with Crippen LogP contribution in [0.15, 0.2) is 18.2 Å². The molecule has 2 fully saturated rings. The highest BCUT2D eigenvalue weighted by Gasteiger charge is 2.39. The molecule has 0 spiro atoms. The first-order chi connectivity index (χ1) is 12.3. The van der Waals surface area contributed by atoms with E-state index in [1.54, 1.807) is 25.1 Å². The van der Waals surface area contributed by atoms with Crippen molar-refractivity contribution >= 4 is 33.2 Å². The number of fused-ring (bicyclic) bond motifs is 2. The molecule has 1 aromatic rings. The molecule has 0 unspecified atom stereocenters. The van der Waals surface area contributed by atoms with E-state index in [0.717, 1.165) is 17.9 Å². The van der Waals surface area contributed by atoms with Crippen molar-refractivity contribution in [3.05, 3.63) is 28.8 Å². The maximum absolute atomic E-state index is 12.3. The number of rotatable bonds is 7. The number of hydrogen-bond acceptors (Lipinski definition) is 3. The normalized spacial score (nSPS) is 24.7. The van der Waals surface area contributed by atoms with Crippen molar-refractivity contribution in [1.82, 2.24) is 5.32 Å². The number of hydrogen-bond donors (Lipinski definition) is 1. The van der Waals surface area contributed by atoms with Gasteiger partial charge in [0, 0.05) is 24.0 Å². The van der Waals surface area contributed by atoms with E-state index in [2.05, 4.69) is 5.32 Å². The van der Waals surface area contributed by atoms with Crippen LogP contribution in [0.1, 0.15) is 44.1 Å². The highest BCUT2D eigenvalue weighted by molar-refractivity contribution is 7.92. The number of carbonyl (C=O) groups is 1. The van der Waals surface area contributed by atoms with Crippen molar-refractivity contribution in [2.45, 2.75) is 51.5 Å².